The van der Waals surface area contributed by atoms with Crippen molar-refractivity contribution in [2.24, 2.45) is 17.3 Å². The second kappa shape index (κ2) is 16.4. The first kappa shape index (κ1) is 36.0. The van der Waals surface area contributed by atoms with E-state index in [2.05, 4.69) is 90.1 Å². The average molecular weight is 587 g/mol. The third-order valence-electron chi connectivity index (χ3n) is 7.41. The minimum absolute atomic E-state index is 0.0472. The fraction of sp³-hybridized carbons (Fsp3) is 0.667. The monoisotopic (exact) mass is 586 g/mol. The molecule has 39 heavy (non-hydrogen) atoms. The zero-order chi connectivity index (χ0) is 29.9. The third-order valence-corrected chi connectivity index (χ3v) is 9.57. The van der Waals surface area contributed by atoms with Crippen LogP contribution in [0.15, 0.2) is 58.2 Å². The average Bonchev–Trinajstić information content (AvgIpc) is 3.31. The Hall–Kier alpha value is -1.04. The summed E-state index contributed by atoms with van der Waals surface area (Å²) in [5.41, 5.74) is 6.50. The highest BCUT2D eigenvalue weighted by Crippen LogP contribution is 2.65. The number of allylic oxidation sites excluding steroid dienone is 10. The van der Waals surface area contributed by atoms with Gasteiger partial charge in [0.2, 0.25) is 0 Å². The molecule has 4 atom stereocenters. The molecule has 0 aromatic heterocycles. The van der Waals surface area contributed by atoms with Crippen LogP contribution < -0.4 is 0 Å². The van der Waals surface area contributed by atoms with E-state index in [1.807, 2.05) is 0 Å². The zero-order valence-electron chi connectivity index (χ0n) is 25.3. The first-order valence-electron chi connectivity index (χ1n) is 13.9. The predicted molar refractivity (Wildman–Crippen MR) is 161 cm³/mol. The van der Waals surface area contributed by atoms with Crippen molar-refractivity contribution in [1.82, 2.24) is 0 Å². The summed E-state index contributed by atoms with van der Waals surface area (Å²) < 4.78 is 32.1. The lowest BCUT2D eigenvalue weighted by molar-refractivity contribution is 0.166. The van der Waals surface area contributed by atoms with E-state index in [9.17, 15) is 14.0 Å². The zero-order valence-corrected chi connectivity index (χ0v) is 27.1. The molecule has 0 saturated heterocycles. The highest BCUT2D eigenvalue weighted by Gasteiger charge is 2.59. The molecular formula is C30H52O7P2. The Kier molecular flexibility index (Phi) is 15.1. The minimum atomic E-state index is -5.15. The van der Waals surface area contributed by atoms with Gasteiger partial charge in [0, 0.05) is 0 Å². The molecule has 0 amide bonds. The number of phosphoric acid groups is 2. The quantitative estimate of drug-likeness (QED) is 0.108. The molecule has 1 fully saturated rings. The molecule has 0 aliphatic heterocycles. The van der Waals surface area contributed by atoms with Gasteiger partial charge in [-0.05, 0) is 117 Å². The molecule has 1 rings (SSSR count). The largest absolute Gasteiger partial charge is 0.481 e. The second-order valence-corrected chi connectivity index (χ2v) is 14.6. The Morgan fingerprint density at radius 1 is 0.744 bits per heavy atom. The van der Waals surface area contributed by atoms with Gasteiger partial charge in [0.05, 0.1) is 6.61 Å². The molecule has 0 heterocycles. The van der Waals surface area contributed by atoms with Crippen LogP contribution in [-0.2, 0) is 18.0 Å². The summed E-state index contributed by atoms with van der Waals surface area (Å²) in [5, 5.41) is 0. The first-order chi connectivity index (χ1) is 17.9. The van der Waals surface area contributed by atoms with E-state index in [1.54, 1.807) is 0 Å². The van der Waals surface area contributed by atoms with Gasteiger partial charge < -0.3 is 14.7 Å². The molecular weight excluding hydrogens is 534 g/mol. The van der Waals surface area contributed by atoms with Crippen LogP contribution in [0.2, 0.25) is 0 Å². The molecule has 9 heteroatoms. The maximum Gasteiger partial charge on any atom is 0.481 e. The van der Waals surface area contributed by atoms with E-state index >= 15 is 0 Å². The molecule has 0 bridgehead atoms. The van der Waals surface area contributed by atoms with E-state index < -0.39 is 15.6 Å². The van der Waals surface area contributed by atoms with Crippen LogP contribution in [-0.4, -0.2) is 21.3 Å². The highest BCUT2D eigenvalue weighted by molar-refractivity contribution is 7.60. The van der Waals surface area contributed by atoms with Gasteiger partial charge in [-0.3, -0.25) is 4.52 Å². The van der Waals surface area contributed by atoms with Gasteiger partial charge in [0.1, 0.15) is 0 Å². The number of phosphoric ester groups is 1. The molecule has 0 aromatic carbocycles. The fourth-order valence-corrected chi connectivity index (χ4v) is 6.54. The van der Waals surface area contributed by atoms with Crippen molar-refractivity contribution in [3.63, 3.8) is 0 Å². The van der Waals surface area contributed by atoms with Crippen molar-refractivity contribution in [2.45, 2.75) is 107 Å². The third kappa shape index (κ3) is 15.5. The molecule has 224 valence electrons. The van der Waals surface area contributed by atoms with Crippen LogP contribution in [0.1, 0.15) is 107 Å². The summed E-state index contributed by atoms with van der Waals surface area (Å²) in [7, 11) is -10.0. The van der Waals surface area contributed by atoms with E-state index in [4.69, 9.17) is 14.3 Å². The summed E-state index contributed by atoms with van der Waals surface area (Å²) in [6, 6.07) is 0. The van der Waals surface area contributed by atoms with Crippen LogP contribution in [0.4, 0.5) is 0 Å². The minimum Gasteiger partial charge on any atom is -0.302 e. The fourth-order valence-electron chi connectivity index (χ4n) is 4.93. The van der Waals surface area contributed by atoms with Gasteiger partial charge in [-0.15, -0.1) is 0 Å². The highest BCUT2D eigenvalue weighted by atomic mass is 31.3. The maximum absolute atomic E-state index is 12.0. The Bertz CT molecular complexity index is 1040. The van der Waals surface area contributed by atoms with Crippen LogP contribution in [0, 0.1) is 17.3 Å². The Labute approximate surface area is 237 Å². The SMILES string of the molecule is CC(C)=CCC/C(C)=C\CC/C(C)=C\[C@@H]1[C@@H](COP(=O)(O)OP(=O)(O)O)[C@]1(C)CC/C=C(\C)CCC=C(C)C. The van der Waals surface area contributed by atoms with Gasteiger partial charge in [-0.1, -0.05) is 65.2 Å². The Morgan fingerprint density at radius 3 is 1.69 bits per heavy atom. The standard InChI is InChI=1S/C30H52O7P2/c1-23(2)13-9-15-25(5)17-11-18-27(7)21-28-29(22-36-39(34,35)37-38(31,32)33)30(28,8)20-12-19-26(6)16-10-14-24(3)4/h13-14,17,19,21,28-29H,9-12,15-16,18,20,22H2,1-8H3,(H,34,35)(H2,31,32,33)/b25-17-,26-19+,27-21-/t28-,29-,30-/m1/s1. The summed E-state index contributed by atoms with van der Waals surface area (Å²) in [6.45, 7) is 16.9. The molecule has 0 aromatic rings. The molecule has 7 nitrogen and oxygen atoms in total. The summed E-state index contributed by atoms with van der Waals surface area (Å²) >= 11 is 0. The topological polar surface area (TPSA) is 113 Å². The lowest BCUT2D eigenvalue weighted by Gasteiger charge is -2.14. The van der Waals surface area contributed by atoms with Gasteiger partial charge in [-0.2, -0.15) is 4.31 Å². The van der Waals surface area contributed by atoms with Gasteiger partial charge >= 0.3 is 15.6 Å². The second-order valence-electron chi connectivity index (χ2n) is 11.8. The van der Waals surface area contributed by atoms with E-state index in [1.165, 1.54) is 27.9 Å². The molecule has 1 saturated carbocycles. The van der Waals surface area contributed by atoms with Gasteiger partial charge in [0.15, 0.2) is 0 Å². The van der Waals surface area contributed by atoms with Gasteiger partial charge in [0.25, 0.3) is 0 Å². The Balaban J connectivity index is 2.85. The van der Waals surface area contributed by atoms with Crippen LogP contribution in [0.25, 0.3) is 0 Å². The van der Waals surface area contributed by atoms with Crippen LogP contribution in [0.3, 0.4) is 0 Å². The lowest BCUT2D eigenvalue weighted by atomic mass is 9.95. The van der Waals surface area contributed by atoms with Crippen LogP contribution >= 0.6 is 15.6 Å². The summed E-state index contributed by atoms with van der Waals surface area (Å²) in [4.78, 5) is 27.6. The summed E-state index contributed by atoms with van der Waals surface area (Å²) in [6.07, 6.45) is 19.1. The van der Waals surface area contributed by atoms with Crippen molar-refractivity contribution < 1.29 is 32.6 Å². The van der Waals surface area contributed by atoms with Crippen molar-refractivity contribution >= 4 is 15.6 Å². The van der Waals surface area contributed by atoms with Crippen molar-refractivity contribution in [3.05, 3.63) is 58.2 Å². The number of hydrogen-bond acceptors (Lipinski definition) is 4. The van der Waals surface area contributed by atoms with E-state index in [0.29, 0.717) is 0 Å². The maximum atomic E-state index is 12.0. The first-order valence-corrected chi connectivity index (χ1v) is 17.0. The van der Waals surface area contributed by atoms with Crippen molar-refractivity contribution in [3.8, 4) is 0 Å². The van der Waals surface area contributed by atoms with E-state index in [0.717, 1.165) is 51.4 Å². The van der Waals surface area contributed by atoms with Crippen molar-refractivity contribution in [2.75, 3.05) is 6.61 Å². The predicted octanol–water partition coefficient (Wildman–Crippen LogP) is 9.36. The number of rotatable bonds is 18. The smallest absolute Gasteiger partial charge is 0.302 e. The van der Waals surface area contributed by atoms with Crippen LogP contribution in [0.5, 0.6) is 0 Å². The molecule has 1 aliphatic carbocycles. The molecule has 0 radical (unpaired) electrons. The Morgan fingerprint density at radius 2 is 1.21 bits per heavy atom. The molecule has 0 spiro atoms. The van der Waals surface area contributed by atoms with Gasteiger partial charge in [-0.25, -0.2) is 9.13 Å². The van der Waals surface area contributed by atoms with Crippen molar-refractivity contribution in [1.29, 1.82) is 0 Å². The number of hydrogen-bond donors (Lipinski definition) is 3. The lowest BCUT2D eigenvalue weighted by Crippen LogP contribution is -2.04. The molecule has 1 aliphatic rings. The molecule has 1 unspecified atom stereocenters. The molecule has 3 N–H and O–H groups in total. The normalized spacial score (nSPS) is 23.8. The summed E-state index contributed by atoms with van der Waals surface area (Å²) in [5.74, 6) is 0.101. The van der Waals surface area contributed by atoms with E-state index in [-0.39, 0.29) is 23.9 Å².